The van der Waals surface area contributed by atoms with Crippen molar-refractivity contribution in [2.75, 3.05) is 12.3 Å². The van der Waals surface area contributed by atoms with Crippen LogP contribution < -0.4 is 5.73 Å². The van der Waals surface area contributed by atoms with E-state index in [4.69, 9.17) is 10.2 Å². The van der Waals surface area contributed by atoms with Crippen molar-refractivity contribution >= 4 is 11.6 Å². The van der Waals surface area contributed by atoms with Gasteiger partial charge in [-0.2, -0.15) is 0 Å². The fourth-order valence-electron chi connectivity index (χ4n) is 3.08. The summed E-state index contributed by atoms with van der Waals surface area (Å²) >= 11 is 0. The lowest BCUT2D eigenvalue weighted by molar-refractivity contribution is 0.0732. The summed E-state index contributed by atoms with van der Waals surface area (Å²) in [5.74, 6) is 1.57. The Morgan fingerprint density at radius 1 is 1.24 bits per heavy atom. The molecule has 2 aromatic rings. The molecule has 21 heavy (non-hydrogen) atoms. The number of amides is 1. The molecule has 0 fully saturated rings. The Bertz CT molecular complexity index is 716. The monoisotopic (exact) mass is 284 g/mol. The van der Waals surface area contributed by atoms with Crippen LogP contribution in [0.1, 0.15) is 38.6 Å². The highest BCUT2D eigenvalue weighted by atomic mass is 16.3. The minimum absolute atomic E-state index is 0.0509. The molecule has 1 aliphatic rings. The van der Waals surface area contributed by atoms with E-state index in [0.717, 1.165) is 29.0 Å². The maximum absolute atomic E-state index is 12.8. The number of furan rings is 1. The van der Waals surface area contributed by atoms with Crippen LogP contribution in [0.5, 0.6) is 0 Å². The highest BCUT2D eigenvalue weighted by Gasteiger charge is 2.27. The van der Waals surface area contributed by atoms with Crippen LogP contribution in [0.25, 0.3) is 0 Å². The van der Waals surface area contributed by atoms with Crippen molar-refractivity contribution in [3.63, 3.8) is 0 Å². The number of aryl methyl sites for hydroxylation is 2. The number of benzene rings is 1. The highest BCUT2D eigenvalue weighted by Crippen LogP contribution is 2.27. The van der Waals surface area contributed by atoms with E-state index in [9.17, 15) is 4.79 Å². The van der Waals surface area contributed by atoms with Gasteiger partial charge in [-0.05, 0) is 44.4 Å². The lowest BCUT2D eigenvalue weighted by Gasteiger charge is -2.29. The zero-order chi connectivity index (χ0) is 15.1. The van der Waals surface area contributed by atoms with Gasteiger partial charge >= 0.3 is 0 Å². The predicted molar refractivity (Wildman–Crippen MR) is 82.2 cm³/mol. The predicted octanol–water partition coefficient (Wildman–Crippen LogP) is 2.99. The number of nitrogens with zero attached hydrogens (tertiary/aromatic N) is 1. The summed E-state index contributed by atoms with van der Waals surface area (Å²) in [5, 5.41) is 0. The summed E-state index contributed by atoms with van der Waals surface area (Å²) < 4.78 is 5.58. The molecule has 1 aliphatic heterocycles. The lowest BCUT2D eigenvalue weighted by atomic mass is 9.97. The first-order chi connectivity index (χ1) is 9.99. The van der Waals surface area contributed by atoms with Gasteiger partial charge < -0.3 is 15.1 Å². The van der Waals surface area contributed by atoms with Crippen molar-refractivity contribution < 1.29 is 9.21 Å². The maximum atomic E-state index is 12.8. The Labute approximate surface area is 124 Å². The molecule has 4 heteroatoms. The second kappa shape index (κ2) is 4.95. The Balaban J connectivity index is 1.91. The van der Waals surface area contributed by atoms with Crippen LogP contribution >= 0.6 is 0 Å². The number of nitrogens with two attached hydrogens (primary N) is 1. The van der Waals surface area contributed by atoms with Crippen LogP contribution in [0, 0.1) is 20.8 Å². The maximum Gasteiger partial charge on any atom is 0.257 e. The van der Waals surface area contributed by atoms with Crippen molar-refractivity contribution in [2.24, 2.45) is 0 Å². The molecule has 0 bridgehead atoms. The summed E-state index contributed by atoms with van der Waals surface area (Å²) in [6, 6.07) is 5.91. The fraction of sp³-hybridized carbons (Fsp3) is 0.353. The summed E-state index contributed by atoms with van der Waals surface area (Å²) in [4.78, 5) is 14.7. The summed E-state index contributed by atoms with van der Waals surface area (Å²) in [6.07, 6.45) is 0.808. The molecule has 4 nitrogen and oxygen atoms in total. The first-order valence-electron chi connectivity index (χ1n) is 7.21. The van der Waals surface area contributed by atoms with Crippen molar-refractivity contribution in [3.8, 4) is 0 Å². The molecular weight excluding hydrogens is 264 g/mol. The lowest BCUT2D eigenvalue weighted by Crippen LogP contribution is -2.36. The molecule has 3 rings (SSSR count). The van der Waals surface area contributed by atoms with Crippen molar-refractivity contribution in [1.82, 2.24) is 4.90 Å². The highest BCUT2D eigenvalue weighted by molar-refractivity contribution is 5.97. The molecule has 0 saturated carbocycles. The van der Waals surface area contributed by atoms with Gasteiger partial charge in [0.15, 0.2) is 0 Å². The Hall–Kier alpha value is -2.23. The van der Waals surface area contributed by atoms with Crippen molar-refractivity contribution in [1.29, 1.82) is 0 Å². The quantitative estimate of drug-likeness (QED) is 0.819. The molecule has 0 atom stereocenters. The fourth-order valence-corrected chi connectivity index (χ4v) is 3.08. The smallest absolute Gasteiger partial charge is 0.257 e. The van der Waals surface area contributed by atoms with Gasteiger partial charge in [0.05, 0.1) is 5.56 Å². The average molecular weight is 284 g/mol. The minimum atomic E-state index is 0.0509. The van der Waals surface area contributed by atoms with Crippen molar-refractivity contribution in [2.45, 2.75) is 33.7 Å². The molecule has 1 amide bonds. The van der Waals surface area contributed by atoms with E-state index in [1.165, 1.54) is 5.56 Å². The van der Waals surface area contributed by atoms with E-state index in [1.807, 2.05) is 43.9 Å². The number of rotatable bonds is 1. The van der Waals surface area contributed by atoms with E-state index < -0.39 is 0 Å². The first-order valence-corrected chi connectivity index (χ1v) is 7.21. The molecule has 0 spiro atoms. The van der Waals surface area contributed by atoms with E-state index in [0.29, 0.717) is 24.4 Å². The Morgan fingerprint density at radius 3 is 2.67 bits per heavy atom. The molecule has 0 radical (unpaired) electrons. The number of carbonyl (C=O) groups excluding carboxylic acids is 1. The third-order valence-corrected chi connectivity index (χ3v) is 4.36. The van der Waals surface area contributed by atoms with Gasteiger partial charge in [-0.15, -0.1) is 0 Å². The van der Waals surface area contributed by atoms with E-state index in [-0.39, 0.29) is 5.91 Å². The van der Waals surface area contributed by atoms with Crippen LogP contribution in [0.2, 0.25) is 0 Å². The number of nitrogen functional groups attached to an aromatic ring is 1. The SMILES string of the molecule is Cc1oc(C)c(C(=O)N2CCc3c(N)cccc3C2)c1C. The molecule has 2 N–H and O–H groups in total. The molecule has 2 heterocycles. The number of fused-ring (bicyclic) bond motifs is 1. The van der Waals surface area contributed by atoms with Crippen LogP contribution in [0.15, 0.2) is 22.6 Å². The van der Waals surface area contributed by atoms with Crippen LogP contribution in [-0.2, 0) is 13.0 Å². The van der Waals surface area contributed by atoms with E-state index in [2.05, 4.69) is 0 Å². The largest absolute Gasteiger partial charge is 0.466 e. The Kier molecular flexibility index (Phi) is 3.24. The standard InChI is InChI=1S/C17H20N2O2/c1-10-11(2)21-12(3)16(10)17(20)19-8-7-14-13(9-19)5-4-6-15(14)18/h4-6H,7-9,18H2,1-3H3. The van der Waals surface area contributed by atoms with Gasteiger partial charge in [0, 0.05) is 24.3 Å². The van der Waals surface area contributed by atoms with Gasteiger partial charge in [0.2, 0.25) is 0 Å². The Morgan fingerprint density at radius 2 is 2.00 bits per heavy atom. The van der Waals surface area contributed by atoms with Crippen LogP contribution in [0.4, 0.5) is 5.69 Å². The minimum Gasteiger partial charge on any atom is -0.466 e. The summed E-state index contributed by atoms with van der Waals surface area (Å²) in [6.45, 7) is 6.99. The topological polar surface area (TPSA) is 59.5 Å². The van der Waals surface area contributed by atoms with Crippen LogP contribution in [0.3, 0.4) is 0 Å². The molecular formula is C17H20N2O2. The second-order valence-corrected chi connectivity index (χ2v) is 5.68. The average Bonchev–Trinajstić information content (AvgIpc) is 2.71. The number of carbonyl (C=O) groups is 1. The third kappa shape index (κ3) is 2.20. The zero-order valence-electron chi connectivity index (χ0n) is 12.7. The summed E-state index contributed by atoms with van der Waals surface area (Å²) in [7, 11) is 0. The number of anilines is 1. The van der Waals surface area contributed by atoms with Gasteiger partial charge in [0.25, 0.3) is 5.91 Å². The first kappa shape index (κ1) is 13.7. The third-order valence-electron chi connectivity index (χ3n) is 4.36. The second-order valence-electron chi connectivity index (χ2n) is 5.68. The molecule has 110 valence electrons. The van der Waals surface area contributed by atoms with Gasteiger partial charge in [-0.25, -0.2) is 0 Å². The summed E-state index contributed by atoms with van der Waals surface area (Å²) in [5.41, 5.74) is 10.8. The molecule has 1 aromatic carbocycles. The molecule has 0 aliphatic carbocycles. The van der Waals surface area contributed by atoms with E-state index in [1.54, 1.807) is 0 Å². The normalized spacial score (nSPS) is 14.1. The van der Waals surface area contributed by atoms with Gasteiger partial charge in [-0.3, -0.25) is 4.79 Å². The number of hydrogen-bond acceptors (Lipinski definition) is 3. The van der Waals surface area contributed by atoms with Crippen molar-refractivity contribution in [3.05, 3.63) is 52.0 Å². The molecule has 0 unspecified atom stereocenters. The number of hydrogen-bond donors (Lipinski definition) is 1. The molecule has 0 saturated heterocycles. The molecule has 1 aromatic heterocycles. The van der Waals surface area contributed by atoms with Gasteiger partial charge in [-0.1, -0.05) is 12.1 Å². The van der Waals surface area contributed by atoms with Crippen LogP contribution in [-0.4, -0.2) is 17.4 Å². The van der Waals surface area contributed by atoms with Gasteiger partial charge in [0.1, 0.15) is 11.5 Å². The zero-order valence-corrected chi connectivity index (χ0v) is 12.7. The van der Waals surface area contributed by atoms with E-state index >= 15 is 0 Å².